The van der Waals surface area contributed by atoms with Crippen molar-refractivity contribution in [1.82, 2.24) is 5.32 Å². The number of anilines is 1. The highest BCUT2D eigenvalue weighted by atomic mass is 19.1. The summed E-state index contributed by atoms with van der Waals surface area (Å²) in [5, 5.41) is 3.59. The molecule has 1 aliphatic rings. The number of halogens is 1. The lowest BCUT2D eigenvalue weighted by Gasteiger charge is -2.44. The quantitative estimate of drug-likeness (QED) is 0.917. The summed E-state index contributed by atoms with van der Waals surface area (Å²) in [6.07, 6.45) is 1.10. The van der Waals surface area contributed by atoms with E-state index in [1.54, 1.807) is 0 Å². The molecule has 0 aromatic heterocycles. The van der Waals surface area contributed by atoms with Gasteiger partial charge in [-0.25, -0.2) is 4.39 Å². The number of nitrogens with one attached hydrogen (secondary N) is 1. The molecule has 1 N–H and O–H groups in total. The van der Waals surface area contributed by atoms with Gasteiger partial charge in [0.1, 0.15) is 0 Å². The van der Waals surface area contributed by atoms with Gasteiger partial charge in [0.25, 0.3) is 0 Å². The van der Waals surface area contributed by atoms with Crippen molar-refractivity contribution in [3.63, 3.8) is 0 Å². The van der Waals surface area contributed by atoms with Crippen LogP contribution >= 0.6 is 0 Å². The Morgan fingerprint density at radius 3 is 2.80 bits per heavy atom. The third kappa shape index (κ3) is 3.06. The Hall–Kier alpha value is -1.29. The zero-order valence-electron chi connectivity index (χ0n) is 12.8. The van der Waals surface area contributed by atoms with Crippen molar-refractivity contribution in [3.05, 3.63) is 24.0 Å². The Kier molecular flexibility index (Phi) is 4.86. The summed E-state index contributed by atoms with van der Waals surface area (Å²) < 4.78 is 18.7. The molecule has 1 saturated heterocycles. The van der Waals surface area contributed by atoms with Crippen LogP contribution in [-0.4, -0.2) is 32.3 Å². The van der Waals surface area contributed by atoms with Gasteiger partial charge in [0.05, 0.1) is 7.11 Å². The first kappa shape index (κ1) is 15.1. The molecule has 2 unspecified atom stereocenters. The molecule has 2 rings (SSSR count). The average molecular weight is 280 g/mol. The summed E-state index contributed by atoms with van der Waals surface area (Å²) >= 11 is 0. The van der Waals surface area contributed by atoms with E-state index in [2.05, 4.69) is 31.0 Å². The van der Waals surface area contributed by atoms with Crippen molar-refractivity contribution in [1.29, 1.82) is 0 Å². The molecule has 1 heterocycles. The van der Waals surface area contributed by atoms with Gasteiger partial charge in [-0.15, -0.1) is 0 Å². The number of methoxy groups -OCH3 is 1. The van der Waals surface area contributed by atoms with Crippen LogP contribution < -0.4 is 15.0 Å². The Morgan fingerprint density at radius 2 is 2.20 bits per heavy atom. The van der Waals surface area contributed by atoms with Crippen molar-refractivity contribution in [2.45, 2.75) is 39.3 Å². The first-order chi connectivity index (χ1) is 9.56. The van der Waals surface area contributed by atoms with E-state index in [1.165, 1.54) is 13.2 Å². The molecule has 112 valence electrons. The van der Waals surface area contributed by atoms with Gasteiger partial charge in [0.15, 0.2) is 11.6 Å². The predicted octanol–water partition coefficient (Wildman–Crippen LogP) is 3.05. The topological polar surface area (TPSA) is 24.5 Å². The fourth-order valence-corrected chi connectivity index (χ4v) is 2.83. The second-order valence-corrected chi connectivity index (χ2v) is 5.80. The van der Waals surface area contributed by atoms with E-state index in [0.29, 0.717) is 23.8 Å². The van der Waals surface area contributed by atoms with Crippen molar-refractivity contribution in [2.24, 2.45) is 5.92 Å². The molecule has 4 heteroatoms. The fourth-order valence-electron chi connectivity index (χ4n) is 2.83. The minimum absolute atomic E-state index is 0.306. The van der Waals surface area contributed by atoms with E-state index in [4.69, 9.17) is 4.74 Å². The van der Waals surface area contributed by atoms with Crippen molar-refractivity contribution in [2.75, 3.05) is 25.1 Å². The molecule has 1 aromatic rings. The Bertz CT molecular complexity index is 450. The first-order valence-corrected chi connectivity index (χ1v) is 7.40. The summed E-state index contributed by atoms with van der Waals surface area (Å²) in [4.78, 5) is 2.39. The Labute approximate surface area is 121 Å². The number of nitrogens with zero attached hydrogens (tertiary/aromatic N) is 1. The van der Waals surface area contributed by atoms with Gasteiger partial charge in [-0.05, 0) is 24.5 Å². The molecule has 0 aliphatic carbocycles. The van der Waals surface area contributed by atoms with Gasteiger partial charge in [-0.3, -0.25) is 0 Å². The summed E-state index contributed by atoms with van der Waals surface area (Å²) in [5.74, 6) is 0.549. The zero-order chi connectivity index (χ0) is 14.7. The lowest BCUT2D eigenvalue weighted by atomic mass is 9.97. The first-order valence-electron chi connectivity index (χ1n) is 7.40. The highest BCUT2D eigenvalue weighted by molar-refractivity contribution is 5.53. The van der Waals surface area contributed by atoms with Crippen LogP contribution in [0.3, 0.4) is 0 Å². The summed E-state index contributed by atoms with van der Waals surface area (Å²) in [7, 11) is 1.51. The van der Waals surface area contributed by atoms with Crippen LogP contribution in [-0.2, 0) is 0 Å². The van der Waals surface area contributed by atoms with Crippen molar-refractivity contribution in [3.8, 4) is 5.75 Å². The number of benzene rings is 1. The minimum atomic E-state index is -0.306. The standard InChI is InChI=1S/C16H25FN2O/c1-5-12-10-19(15(9-18-12)11(2)3)13-6-7-14(17)16(8-13)20-4/h6-8,11-12,15,18H,5,9-10H2,1-4H3. The van der Waals surface area contributed by atoms with Gasteiger partial charge in [-0.2, -0.15) is 0 Å². The highest BCUT2D eigenvalue weighted by Gasteiger charge is 2.29. The maximum Gasteiger partial charge on any atom is 0.165 e. The molecule has 2 atom stereocenters. The normalized spacial score (nSPS) is 23.2. The molecule has 0 amide bonds. The molecule has 0 radical (unpaired) electrons. The molecular weight excluding hydrogens is 255 g/mol. The lowest BCUT2D eigenvalue weighted by molar-refractivity contribution is 0.332. The van der Waals surface area contributed by atoms with Crippen LogP contribution in [0.5, 0.6) is 5.75 Å². The maximum atomic E-state index is 13.6. The van der Waals surface area contributed by atoms with E-state index >= 15 is 0 Å². The summed E-state index contributed by atoms with van der Waals surface area (Å²) in [6, 6.07) is 6.07. The van der Waals surface area contributed by atoms with Crippen LogP contribution in [0.2, 0.25) is 0 Å². The maximum absolute atomic E-state index is 13.6. The Morgan fingerprint density at radius 1 is 1.45 bits per heavy atom. The SMILES string of the molecule is CCC1CN(c2ccc(F)c(OC)c2)C(C(C)C)CN1. The molecule has 0 bridgehead atoms. The van der Waals surface area contributed by atoms with E-state index < -0.39 is 0 Å². The van der Waals surface area contributed by atoms with Crippen molar-refractivity contribution < 1.29 is 9.13 Å². The van der Waals surface area contributed by atoms with Crippen LogP contribution in [0, 0.1) is 11.7 Å². The smallest absolute Gasteiger partial charge is 0.165 e. The summed E-state index contributed by atoms with van der Waals surface area (Å²) in [5.41, 5.74) is 1.04. The second kappa shape index (κ2) is 6.44. The van der Waals surface area contributed by atoms with Crippen LogP contribution in [0.1, 0.15) is 27.2 Å². The molecule has 0 saturated carbocycles. The van der Waals surface area contributed by atoms with Gasteiger partial charge < -0.3 is 15.0 Å². The summed E-state index contributed by atoms with van der Waals surface area (Å²) in [6.45, 7) is 8.57. The number of rotatable bonds is 4. The number of ether oxygens (including phenoxy) is 1. The number of hydrogen-bond acceptors (Lipinski definition) is 3. The number of piperazine rings is 1. The fraction of sp³-hybridized carbons (Fsp3) is 0.625. The largest absolute Gasteiger partial charge is 0.494 e. The second-order valence-electron chi connectivity index (χ2n) is 5.80. The van der Waals surface area contributed by atoms with Crippen molar-refractivity contribution >= 4 is 5.69 Å². The van der Waals surface area contributed by atoms with Gasteiger partial charge in [-0.1, -0.05) is 20.8 Å². The van der Waals surface area contributed by atoms with Crippen LogP contribution in [0.4, 0.5) is 10.1 Å². The molecular formula is C16H25FN2O. The van der Waals surface area contributed by atoms with E-state index in [1.807, 2.05) is 12.1 Å². The molecule has 3 nitrogen and oxygen atoms in total. The van der Waals surface area contributed by atoms with Gasteiger partial charge in [0, 0.05) is 36.9 Å². The third-order valence-corrected chi connectivity index (χ3v) is 4.16. The Balaban J connectivity index is 2.29. The van der Waals surface area contributed by atoms with E-state index in [-0.39, 0.29) is 5.82 Å². The minimum Gasteiger partial charge on any atom is -0.494 e. The average Bonchev–Trinajstić information content (AvgIpc) is 2.47. The zero-order valence-corrected chi connectivity index (χ0v) is 12.8. The lowest BCUT2D eigenvalue weighted by Crippen LogP contribution is -2.58. The molecule has 20 heavy (non-hydrogen) atoms. The van der Waals surface area contributed by atoms with E-state index in [9.17, 15) is 4.39 Å². The predicted molar refractivity (Wildman–Crippen MR) is 81.0 cm³/mol. The number of hydrogen-bond donors (Lipinski definition) is 1. The highest BCUT2D eigenvalue weighted by Crippen LogP contribution is 2.29. The monoisotopic (exact) mass is 280 g/mol. The van der Waals surface area contributed by atoms with Gasteiger partial charge >= 0.3 is 0 Å². The molecule has 1 aliphatic heterocycles. The van der Waals surface area contributed by atoms with Gasteiger partial charge in [0.2, 0.25) is 0 Å². The van der Waals surface area contributed by atoms with E-state index in [0.717, 1.165) is 25.2 Å². The molecule has 0 spiro atoms. The van der Waals surface area contributed by atoms with Crippen LogP contribution in [0.15, 0.2) is 18.2 Å². The van der Waals surface area contributed by atoms with Crippen LogP contribution in [0.25, 0.3) is 0 Å². The third-order valence-electron chi connectivity index (χ3n) is 4.16. The molecule has 1 aromatic carbocycles. The molecule has 1 fully saturated rings.